The van der Waals surface area contributed by atoms with Crippen molar-refractivity contribution < 1.29 is 23.1 Å². The molecule has 4 nitrogen and oxygen atoms in total. The van der Waals surface area contributed by atoms with E-state index in [0.717, 1.165) is 12.1 Å². The minimum Gasteiger partial charge on any atom is -0.392 e. The molecule has 1 atom stereocenters. The first-order valence-corrected chi connectivity index (χ1v) is 5.19. The summed E-state index contributed by atoms with van der Waals surface area (Å²) in [6.07, 6.45) is -5.18. The van der Waals surface area contributed by atoms with Gasteiger partial charge in [0.1, 0.15) is 0 Å². The normalized spacial score (nSPS) is 12.9. The van der Waals surface area contributed by atoms with Gasteiger partial charge in [-0.3, -0.25) is 0 Å². The van der Waals surface area contributed by atoms with Crippen LogP contribution in [0.15, 0.2) is 24.3 Å². The highest BCUT2D eigenvalue weighted by Gasteiger charge is 2.30. The van der Waals surface area contributed by atoms with Gasteiger partial charge in [-0.2, -0.15) is 13.2 Å². The highest BCUT2D eigenvalue weighted by atomic mass is 19.4. The smallest absolute Gasteiger partial charge is 0.392 e. The van der Waals surface area contributed by atoms with Gasteiger partial charge in [0.25, 0.3) is 0 Å². The van der Waals surface area contributed by atoms with Crippen LogP contribution in [0.25, 0.3) is 0 Å². The van der Waals surface area contributed by atoms with Crippen LogP contribution in [0.5, 0.6) is 0 Å². The number of hydrogen-bond donors (Lipinski definition) is 3. The molecule has 0 unspecified atom stereocenters. The van der Waals surface area contributed by atoms with Gasteiger partial charge in [0.2, 0.25) is 0 Å². The third-order valence-electron chi connectivity index (χ3n) is 2.01. The largest absolute Gasteiger partial charge is 0.416 e. The molecule has 0 aliphatic heterocycles. The third kappa shape index (κ3) is 4.62. The highest BCUT2D eigenvalue weighted by Crippen LogP contribution is 2.30. The first-order chi connectivity index (χ1) is 8.29. The van der Waals surface area contributed by atoms with Gasteiger partial charge in [0.05, 0.1) is 11.7 Å². The van der Waals surface area contributed by atoms with E-state index in [-0.39, 0.29) is 12.2 Å². The molecule has 0 saturated carbocycles. The van der Waals surface area contributed by atoms with E-state index in [0.29, 0.717) is 0 Å². The zero-order valence-corrected chi connectivity index (χ0v) is 9.58. The Labute approximate surface area is 102 Å². The number of benzene rings is 1. The van der Waals surface area contributed by atoms with Crippen molar-refractivity contribution in [2.75, 3.05) is 11.9 Å². The zero-order chi connectivity index (χ0) is 13.8. The Morgan fingerprint density at radius 3 is 2.67 bits per heavy atom. The second-order valence-corrected chi connectivity index (χ2v) is 3.76. The van der Waals surface area contributed by atoms with Crippen LogP contribution in [0.1, 0.15) is 12.5 Å². The second kappa shape index (κ2) is 5.72. The van der Waals surface area contributed by atoms with Gasteiger partial charge in [-0.25, -0.2) is 4.79 Å². The van der Waals surface area contributed by atoms with Crippen molar-refractivity contribution in [3.05, 3.63) is 29.8 Å². The molecule has 0 aliphatic carbocycles. The van der Waals surface area contributed by atoms with E-state index in [2.05, 4.69) is 10.6 Å². The van der Waals surface area contributed by atoms with Crippen molar-refractivity contribution in [1.82, 2.24) is 5.32 Å². The van der Waals surface area contributed by atoms with Crippen molar-refractivity contribution in [2.24, 2.45) is 0 Å². The van der Waals surface area contributed by atoms with Crippen molar-refractivity contribution in [3.63, 3.8) is 0 Å². The van der Waals surface area contributed by atoms with Gasteiger partial charge >= 0.3 is 12.2 Å². The van der Waals surface area contributed by atoms with Crippen LogP contribution < -0.4 is 10.6 Å². The number of urea groups is 1. The monoisotopic (exact) mass is 262 g/mol. The lowest BCUT2D eigenvalue weighted by atomic mass is 10.2. The van der Waals surface area contributed by atoms with Crippen molar-refractivity contribution in [2.45, 2.75) is 19.2 Å². The molecule has 18 heavy (non-hydrogen) atoms. The number of aliphatic hydroxyl groups excluding tert-OH is 1. The molecule has 0 fully saturated rings. The summed E-state index contributed by atoms with van der Waals surface area (Å²) in [5.74, 6) is 0. The fraction of sp³-hybridized carbons (Fsp3) is 0.364. The number of alkyl halides is 3. The molecule has 0 spiro atoms. The minimum atomic E-state index is -4.45. The van der Waals surface area contributed by atoms with E-state index >= 15 is 0 Å². The molecule has 1 rings (SSSR count). The van der Waals surface area contributed by atoms with E-state index in [1.54, 1.807) is 0 Å². The molecule has 0 bridgehead atoms. The fourth-order valence-corrected chi connectivity index (χ4v) is 1.19. The molecular weight excluding hydrogens is 249 g/mol. The van der Waals surface area contributed by atoms with Gasteiger partial charge in [-0.05, 0) is 25.1 Å². The molecule has 1 aromatic rings. The average Bonchev–Trinajstić information content (AvgIpc) is 2.25. The highest BCUT2D eigenvalue weighted by molar-refractivity contribution is 5.89. The lowest BCUT2D eigenvalue weighted by Crippen LogP contribution is -2.34. The number of carbonyl (C=O) groups excluding carboxylic acids is 1. The van der Waals surface area contributed by atoms with E-state index in [1.165, 1.54) is 19.1 Å². The second-order valence-electron chi connectivity index (χ2n) is 3.76. The van der Waals surface area contributed by atoms with E-state index in [1.807, 2.05) is 0 Å². The quantitative estimate of drug-likeness (QED) is 0.782. The third-order valence-corrected chi connectivity index (χ3v) is 2.01. The topological polar surface area (TPSA) is 61.4 Å². The maximum absolute atomic E-state index is 12.4. The molecule has 2 amide bonds. The zero-order valence-electron chi connectivity index (χ0n) is 9.58. The minimum absolute atomic E-state index is 0.0186. The maximum atomic E-state index is 12.4. The summed E-state index contributed by atoms with van der Waals surface area (Å²) in [5.41, 5.74) is -0.802. The van der Waals surface area contributed by atoms with E-state index < -0.39 is 23.9 Å². The van der Waals surface area contributed by atoms with Crippen LogP contribution in [0.3, 0.4) is 0 Å². The van der Waals surface area contributed by atoms with Crippen molar-refractivity contribution in [3.8, 4) is 0 Å². The maximum Gasteiger partial charge on any atom is 0.416 e. The Bertz CT molecular complexity index is 419. The van der Waals surface area contributed by atoms with Crippen molar-refractivity contribution >= 4 is 11.7 Å². The summed E-state index contributed by atoms with van der Waals surface area (Å²) in [5, 5.41) is 13.5. The van der Waals surface area contributed by atoms with Crippen LogP contribution >= 0.6 is 0 Å². The molecule has 0 heterocycles. The number of rotatable bonds is 3. The first-order valence-electron chi connectivity index (χ1n) is 5.19. The van der Waals surface area contributed by atoms with E-state index in [9.17, 15) is 18.0 Å². The van der Waals surface area contributed by atoms with Crippen molar-refractivity contribution in [1.29, 1.82) is 0 Å². The van der Waals surface area contributed by atoms with Gasteiger partial charge in [-0.15, -0.1) is 0 Å². The summed E-state index contributed by atoms with van der Waals surface area (Å²) >= 11 is 0. The molecule has 0 aliphatic rings. The van der Waals surface area contributed by atoms with Gasteiger partial charge in [0, 0.05) is 12.2 Å². The number of halogens is 3. The number of aliphatic hydroxyl groups is 1. The van der Waals surface area contributed by atoms with Gasteiger partial charge in [0.15, 0.2) is 0 Å². The molecule has 0 saturated heterocycles. The molecule has 0 radical (unpaired) electrons. The molecule has 7 heteroatoms. The van der Waals surface area contributed by atoms with Crippen LogP contribution in [-0.2, 0) is 6.18 Å². The van der Waals surface area contributed by atoms with Crippen LogP contribution in [0.2, 0.25) is 0 Å². The van der Waals surface area contributed by atoms with Gasteiger partial charge < -0.3 is 15.7 Å². The number of nitrogens with one attached hydrogen (secondary N) is 2. The number of hydrogen-bond acceptors (Lipinski definition) is 2. The van der Waals surface area contributed by atoms with Crippen LogP contribution in [0.4, 0.5) is 23.7 Å². The Hall–Kier alpha value is -1.76. The van der Waals surface area contributed by atoms with E-state index in [4.69, 9.17) is 5.11 Å². The molecule has 100 valence electrons. The summed E-state index contributed by atoms with van der Waals surface area (Å²) in [4.78, 5) is 11.3. The molecular formula is C11H13F3N2O2. The summed E-state index contributed by atoms with van der Waals surface area (Å²) in [6.45, 7) is 1.50. The Kier molecular flexibility index (Phi) is 4.55. The summed E-state index contributed by atoms with van der Waals surface area (Å²) in [7, 11) is 0. The van der Waals surface area contributed by atoms with Gasteiger partial charge in [-0.1, -0.05) is 6.07 Å². The summed E-state index contributed by atoms with van der Waals surface area (Å²) in [6, 6.07) is 3.63. The van der Waals surface area contributed by atoms with Crippen LogP contribution in [0, 0.1) is 0 Å². The predicted molar refractivity (Wildman–Crippen MR) is 60.1 cm³/mol. The standard InChI is InChI=1S/C11H13F3N2O2/c1-7(17)6-15-10(18)16-9-4-2-3-8(5-9)11(12,13)14/h2-5,7,17H,6H2,1H3,(H2,15,16,18)/t7-/m0/s1. The fourth-order valence-electron chi connectivity index (χ4n) is 1.19. The predicted octanol–water partition coefficient (Wildman–Crippen LogP) is 2.21. The molecule has 3 N–H and O–H groups in total. The molecule has 0 aromatic heterocycles. The Morgan fingerprint density at radius 1 is 1.44 bits per heavy atom. The first kappa shape index (κ1) is 14.3. The Morgan fingerprint density at radius 2 is 2.11 bits per heavy atom. The lowest BCUT2D eigenvalue weighted by molar-refractivity contribution is -0.137. The molecule has 1 aromatic carbocycles. The lowest BCUT2D eigenvalue weighted by Gasteiger charge is -2.11. The SMILES string of the molecule is C[C@H](O)CNC(=O)Nc1cccc(C(F)(F)F)c1. The number of anilines is 1. The number of carbonyl (C=O) groups is 1. The number of amides is 2. The van der Waals surface area contributed by atoms with Crippen LogP contribution in [-0.4, -0.2) is 23.8 Å². The summed E-state index contributed by atoms with van der Waals surface area (Å²) < 4.78 is 37.2. The Balaban J connectivity index is 2.65. The average molecular weight is 262 g/mol.